The predicted molar refractivity (Wildman–Crippen MR) is 127 cm³/mol. The molecule has 0 saturated heterocycles. The second kappa shape index (κ2) is 9.14. The van der Waals surface area contributed by atoms with E-state index in [2.05, 4.69) is 54.4 Å². The normalized spacial score (nSPS) is 18.7. The second-order valence-electron chi connectivity index (χ2n) is 9.48. The summed E-state index contributed by atoms with van der Waals surface area (Å²) in [7, 11) is 0. The van der Waals surface area contributed by atoms with Crippen LogP contribution in [-0.4, -0.2) is 27.0 Å². The molecule has 2 aromatic heterocycles. The molecule has 1 fully saturated rings. The average Bonchev–Trinajstić information content (AvgIpc) is 3.21. The molecule has 2 aromatic rings. The van der Waals surface area contributed by atoms with Gasteiger partial charge in [-0.05, 0) is 56.6 Å². The molecule has 172 valence electrons. The number of aryl methyl sites for hydroxylation is 2. The molecule has 1 amide bonds. The van der Waals surface area contributed by atoms with Crippen LogP contribution in [0.3, 0.4) is 0 Å². The highest BCUT2D eigenvalue weighted by Crippen LogP contribution is 2.59. The third-order valence-electron chi connectivity index (χ3n) is 6.39. The predicted octanol–water partition coefficient (Wildman–Crippen LogP) is 2.80. The molecule has 0 spiro atoms. The van der Waals surface area contributed by atoms with Crippen LogP contribution in [0, 0.1) is 31.1 Å². The number of amides is 1. The van der Waals surface area contributed by atoms with Gasteiger partial charge in [-0.2, -0.15) is 0 Å². The summed E-state index contributed by atoms with van der Waals surface area (Å²) >= 11 is 0. The largest absolute Gasteiger partial charge is 0.384 e. The number of hydrogen-bond acceptors (Lipinski definition) is 6. The molecule has 1 aliphatic rings. The summed E-state index contributed by atoms with van der Waals surface area (Å²) in [4.78, 5) is 34.0. The average molecular weight is 439 g/mol. The minimum Gasteiger partial charge on any atom is -0.384 e. The van der Waals surface area contributed by atoms with E-state index in [-0.39, 0.29) is 29.2 Å². The molecule has 8 nitrogen and oxygen atoms in total. The van der Waals surface area contributed by atoms with Gasteiger partial charge >= 0.3 is 0 Å². The van der Waals surface area contributed by atoms with Crippen molar-refractivity contribution in [2.75, 3.05) is 17.6 Å². The quantitative estimate of drug-likeness (QED) is 0.546. The zero-order valence-corrected chi connectivity index (χ0v) is 19.8. The lowest BCUT2D eigenvalue weighted by Crippen LogP contribution is -2.35. The Morgan fingerprint density at radius 3 is 2.66 bits per heavy atom. The van der Waals surface area contributed by atoms with Crippen LogP contribution in [0.15, 0.2) is 34.8 Å². The molecular weight excluding hydrogens is 404 g/mol. The van der Waals surface area contributed by atoms with Crippen LogP contribution in [0.4, 0.5) is 11.6 Å². The molecule has 0 bridgehead atoms. The number of rotatable bonds is 8. The summed E-state index contributed by atoms with van der Waals surface area (Å²) in [5, 5.41) is 6.07. The SMILES string of the molecule is CC(C)=CC1C(CNc2ncc(C)n(CC(=O)NCc3ccc(N)nc3C)c2=O)C1(C)C. The van der Waals surface area contributed by atoms with Crippen LogP contribution in [-0.2, 0) is 17.9 Å². The minimum absolute atomic E-state index is 0.0708. The van der Waals surface area contributed by atoms with Crippen molar-refractivity contribution in [3.8, 4) is 0 Å². The first-order valence-corrected chi connectivity index (χ1v) is 10.9. The van der Waals surface area contributed by atoms with E-state index in [9.17, 15) is 9.59 Å². The standard InChI is InChI=1S/C24H34N6O2/c1-14(2)9-18-19(24(18,5)6)12-28-22-23(32)30(15(3)10-27-22)13-21(31)26-11-17-7-8-20(25)29-16(17)4/h7-10,18-19H,11-13H2,1-6H3,(H2,25,29)(H,26,31)(H,27,28). The molecule has 0 radical (unpaired) electrons. The molecule has 2 unspecified atom stereocenters. The van der Waals surface area contributed by atoms with E-state index in [0.29, 0.717) is 36.4 Å². The fourth-order valence-electron chi connectivity index (χ4n) is 4.15. The van der Waals surface area contributed by atoms with Gasteiger partial charge in [-0.1, -0.05) is 31.6 Å². The Morgan fingerprint density at radius 1 is 1.28 bits per heavy atom. The van der Waals surface area contributed by atoms with E-state index in [1.165, 1.54) is 10.1 Å². The van der Waals surface area contributed by atoms with Crippen molar-refractivity contribution in [1.82, 2.24) is 19.9 Å². The van der Waals surface area contributed by atoms with Gasteiger partial charge in [-0.15, -0.1) is 0 Å². The van der Waals surface area contributed by atoms with Crippen LogP contribution in [0.2, 0.25) is 0 Å². The van der Waals surface area contributed by atoms with Gasteiger partial charge in [0.25, 0.3) is 5.56 Å². The molecule has 1 saturated carbocycles. The van der Waals surface area contributed by atoms with Crippen molar-refractivity contribution < 1.29 is 4.79 Å². The number of pyridine rings is 1. The third kappa shape index (κ3) is 5.18. The van der Waals surface area contributed by atoms with Crippen molar-refractivity contribution >= 4 is 17.5 Å². The van der Waals surface area contributed by atoms with Crippen LogP contribution >= 0.6 is 0 Å². The van der Waals surface area contributed by atoms with E-state index in [0.717, 1.165) is 11.3 Å². The maximum atomic E-state index is 13.0. The monoisotopic (exact) mass is 438 g/mol. The van der Waals surface area contributed by atoms with Crippen molar-refractivity contribution in [1.29, 1.82) is 0 Å². The summed E-state index contributed by atoms with van der Waals surface area (Å²) < 4.78 is 1.45. The highest BCUT2D eigenvalue weighted by atomic mass is 16.2. The van der Waals surface area contributed by atoms with Crippen LogP contribution in [0.1, 0.15) is 44.6 Å². The van der Waals surface area contributed by atoms with Crippen LogP contribution < -0.4 is 21.9 Å². The number of anilines is 2. The Bertz CT molecular complexity index is 1100. The Kier molecular flexibility index (Phi) is 6.71. The fraction of sp³-hybridized carbons (Fsp3) is 0.500. The van der Waals surface area contributed by atoms with Gasteiger partial charge < -0.3 is 16.4 Å². The van der Waals surface area contributed by atoms with E-state index >= 15 is 0 Å². The zero-order chi connectivity index (χ0) is 23.6. The van der Waals surface area contributed by atoms with Gasteiger partial charge in [-0.3, -0.25) is 14.2 Å². The van der Waals surface area contributed by atoms with Gasteiger partial charge in [0.15, 0.2) is 5.82 Å². The topological polar surface area (TPSA) is 115 Å². The first-order chi connectivity index (χ1) is 15.0. The number of allylic oxidation sites excluding steroid dienone is 2. The molecule has 0 aromatic carbocycles. The van der Waals surface area contributed by atoms with E-state index in [1.54, 1.807) is 19.2 Å². The number of nitrogens with zero attached hydrogens (tertiary/aromatic N) is 3. The highest BCUT2D eigenvalue weighted by Gasteiger charge is 2.55. The maximum Gasteiger partial charge on any atom is 0.293 e. The Labute approximate surface area is 189 Å². The summed E-state index contributed by atoms with van der Waals surface area (Å²) in [6.07, 6.45) is 3.92. The van der Waals surface area contributed by atoms with Crippen molar-refractivity contribution in [2.45, 2.75) is 54.6 Å². The number of nitrogen functional groups attached to an aromatic ring is 1. The lowest BCUT2D eigenvalue weighted by atomic mass is 10.1. The van der Waals surface area contributed by atoms with Gasteiger partial charge in [0.2, 0.25) is 5.91 Å². The van der Waals surface area contributed by atoms with Gasteiger partial charge in [0, 0.05) is 30.7 Å². The lowest BCUT2D eigenvalue weighted by Gasteiger charge is -2.13. The van der Waals surface area contributed by atoms with Gasteiger partial charge in [0.1, 0.15) is 12.4 Å². The smallest absolute Gasteiger partial charge is 0.293 e. The first kappa shape index (κ1) is 23.5. The summed E-state index contributed by atoms with van der Waals surface area (Å²) in [5.74, 6) is 1.40. The number of hydrogen-bond donors (Lipinski definition) is 3. The first-order valence-electron chi connectivity index (χ1n) is 10.9. The number of carbonyl (C=O) groups is 1. The van der Waals surface area contributed by atoms with Crippen molar-refractivity contribution in [3.63, 3.8) is 0 Å². The van der Waals surface area contributed by atoms with E-state index in [4.69, 9.17) is 5.73 Å². The Hall–Kier alpha value is -3.16. The molecular formula is C24H34N6O2. The van der Waals surface area contributed by atoms with Crippen molar-refractivity contribution in [2.24, 2.45) is 17.3 Å². The minimum atomic E-state index is -0.289. The Balaban J connectivity index is 1.64. The summed E-state index contributed by atoms with van der Waals surface area (Å²) in [6, 6.07) is 3.54. The van der Waals surface area contributed by atoms with E-state index in [1.807, 2.05) is 13.0 Å². The second-order valence-corrected chi connectivity index (χ2v) is 9.48. The number of aromatic nitrogens is 3. The number of nitrogens with two attached hydrogens (primary N) is 1. The summed E-state index contributed by atoms with van der Waals surface area (Å²) in [5.41, 5.74) is 9.17. The lowest BCUT2D eigenvalue weighted by molar-refractivity contribution is -0.121. The zero-order valence-electron chi connectivity index (χ0n) is 19.8. The fourth-order valence-corrected chi connectivity index (χ4v) is 4.15. The van der Waals surface area contributed by atoms with Gasteiger partial charge in [-0.25, -0.2) is 9.97 Å². The Morgan fingerprint density at radius 2 is 2.00 bits per heavy atom. The summed E-state index contributed by atoms with van der Waals surface area (Å²) in [6.45, 7) is 13.2. The number of nitrogens with one attached hydrogen (secondary N) is 2. The molecule has 4 N–H and O–H groups in total. The van der Waals surface area contributed by atoms with E-state index < -0.39 is 0 Å². The molecule has 8 heteroatoms. The number of carbonyl (C=O) groups excluding carboxylic acids is 1. The van der Waals surface area contributed by atoms with Gasteiger partial charge in [0.05, 0.1) is 0 Å². The molecule has 2 heterocycles. The molecule has 32 heavy (non-hydrogen) atoms. The highest BCUT2D eigenvalue weighted by molar-refractivity contribution is 5.75. The van der Waals surface area contributed by atoms with Crippen LogP contribution in [0.25, 0.3) is 0 Å². The molecule has 0 aliphatic heterocycles. The molecule has 1 aliphatic carbocycles. The third-order valence-corrected chi connectivity index (χ3v) is 6.39. The molecule has 2 atom stereocenters. The maximum absolute atomic E-state index is 13.0. The van der Waals surface area contributed by atoms with Crippen molar-refractivity contribution in [3.05, 3.63) is 57.3 Å². The molecule has 3 rings (SSSR count). The van der Waals surface area contributed by atoms with Crippen LogP contribution in [0.5, 0.6) is 0 Å².